The molecule has 0 amide bonds. The number of nitrogens with two attached hydrogens (primary N) is 1. The number of benzene rings is 2. The van der Waals surface area contributed by atoms with Gasteiger partial charge in [0.05, 0.1) is 5.69 Å². The van der Waals surface area contributed by atoms with E-state index in [1.165, 1.54) is 4.88 Å². The van der Waals surface area contributed by atoms with Crippen molar-refractivity contribution in [1.82, 2.24) is 14.6 Å². The Morgan fingerprint density at radius 1 is 1.07 bits per heavy atom. The predicted molar refractivity (Wildman–Crippen MR) is 165 cm³/mol. The standard InChI is InChI=1S/C30H39N7O3S/c1-4-6-7-27(40-25-14-10-23(11-15-25)29(31)35-38)39-24-12-8-22(9-13-24)28-26(41-30(32-3)34-28)16-19-36(18-5-2)37-20-17-33-21-37/h8-15,17,20-21,27,38H,4-7,16,18-19H2,1-3H3,(H2,31,35)(H,32,34). The van der Waals surface area contributed by atoms with Gasteiger partial charge in [-0.25, -0.2) is 9.97 Å². The highest BCUT2D eigenvalue weighted by Gasteiger charge is 2.17. The van der Waals surface area contributed by atoms with Gasteiger partial charge in [-0.15, -0.1) is 11.3 Å². The van der Waals surface area contributed by atoms with Crippen molar-refractivity contribution in [1.29, 1.82) is 0 Å². The third kappa shape index (κ3) is 8.14. The lowest BCUT2D eigenvalue weighted by Gasteiger charge is -2.24. The molecule has 0 aliphatic carbocycles. The Balaban J connectivity index is 1.46. The van der Waals surface area contributed by atoms with Crippen molar-refractivity contribution >= 4 is 22.3 Å². The minimum absolute atomic E-state index is 0.0528. The van der Waals surface area contributed by atoms with Crippen molar-refractivity contribution in [2.45, 2.75) is 52.2 Å². The Morgan fingerprint density at radius 3 is 2.37 bits per heavy atom. The van der Waals surface area contributed by atoms with Gasteiger partial charge in [0, 0.05) is 61.4 Å². The number of aromatic nitrogens is 3. The Bertz CT molecular complexity index is 1360. The van der Waals surface area contributed by atoms with E-state index >= 15 is 0 Å². The van der Waals surface area contributed by atoms with E-state index in [0.29, 0.717) is 11.3 Å². The summed E-state index contributed by atoms with van der Waals surface area (Å²) in [4.78, 5) is 10.3. The SMILES string of the molecule is CCCCC(Oc1ccc(C(N)=NO)cc1)Oc1ccc(-c2nc(NC)sc2CCN(CCC)n2ccnc2)cc1. The summed E-state index contributed by atoms with van der Waals surface area (Å²) < 4.78 is 14.5. The Hall–Kier alpha value is -4.25. The smallest absolute Gasteiger partial charge is 0.241 e. The van der Waals surface area contributed by atoms with E-state index in [0.717, 1.165) is 67.3 Å². The number of hydrogen-bond acceptors (Lipinski definition) is 9. The Kier molecular flexibility index (Phi) is 10.8. The molecule has 1 unspecified atom stereocenters. The molecule has 11 heteroatoms. The molecule has 4 rings (SSSR count). The maximum Gasteiger partial charge on any atom is 0.241 e. The monoisotopic (exact) mass is 577 g/mol. The molecule has 2 aromatic heterocycles. The normalized spacial score (nSPS) is 12.2. The largest absolute Gasteiger partial charge is 0.455 e. The Morgan fingerprint density at radius 2 is 1.78 bits per heavy atom. The molecule has 0 saturated heterocycles. The van der Waals surface area contributed by atoms with Crippen LogP contribution in [-0.4, -0.2) is 52.1 Å². The number of rotatable bonds is 16. The van der Waals surface area contributed by atoms with Crippen LogP contribution >= 0.6 is 11.3 Å². The number of nitrogens with one attached hydrogen (secondary N) is 1. The molecule has 0 bridgehead atoms. The van der Waals surface area contributed by atoms with E-state index in [-0.39, 0.29) is 5.84 Å². The third-order valence-electron chi connectivity index (χ3n) is 6.52. The number of nitrogens with zero attached hydrogens (tertiary/aromatic N) is 5. The van der Waals surface area contributed by atoms with Crippen LogP contribution in [0.25, 0.3) is 11.3 Å². The van der Waals surface area contributed by atoms with Gasteiger partial charge in [-0.1, -0.05) is 25.4 Å². The first-order valence-electron chi connectivity index (χ1n) is 14.0. The van der Waals surface area contributed by atoms with Gasteiger partial charge in [-0.05, 0) is 61.4 Å². The molecule has 1 atom stereocenters. The molecule has 0 saturated carbocycles. The van der Waals surface area contributed by atoms with Crippen LogP contribution in [0.1, 0.15) is 50.0 Å². The number of thiazole rings is 1. The van der Waals surface area contributed by atoms with Crippen molar-refractivity contribution < 1.29 is 14.7 Å². The molecular formula is C30H39N7O3S. The number of ether oxygens (including phenoxy) is 2. The summed E-state index contributed by atoms with van der Waals surface area (Å²) in [5, 5.41) is 18.3. The first-order valence-corrected chi connectivity index (χ1v) is 14.8. The molecule has 0 spiro atoms. The molecule has 10 nitrogen and oxygen atoms in total. The van der Waals surface area contributed by atoms with Crippen LogP contribution in [0.3, 0.4) is 0 Å². The average Bonchev–Trinajstić information content (AvgIpc) is 3.69. The van der Waals surface area contributed by atoms with Gasteiger partial charge in [0.1, 0.15) is 17.8 Å². The van der Waals surface area contributed by atoms with Crippen molar-refractivity contribution in [3.8, 4) is 22.8 Å². The van der Waals surface area contributed by atoms with Gasteiger partial charge in [0.15, 0.2) is 11.0 Å². The van der Waals surface area contributed by atoms with Crippen LogP contribution in [0.2, 0.25) is 0 Å². The minimum atomic E-state index is -0.450. The summed E-state index contributed by atoms with van der Waals surface area (Å²) >= 11 is 1.69. The maximum atomic E-state index is 8.89. The van der Waals surface area contributed by atoms with Crippen LogP contribution in [0.15, 0.2) is 72.4 Å². The first-order chi connectivity index (χ1) is 20.0. The molecule has 4 aromatic rings. The highest BCUT2D eigenvalue weighted by Crippen LogP contribution is 2.33. The molecule has 218 valence electrons. The minimum Gasteiger partial charge on any atom is -0.455 e. The quantitative estimate of drug-likeness (QED) is 0.0509. The molecule has 0 aliphatic heterocycles. The highest BCUT2D eigenvalue weighted by molar-refractivity contribution is 7.16. The molecular weight excluding hydrogens is 538 g/mol. The van der Waals surface area contributed by atoms with Crippen LogP contribution in [0.5, 0.6) is 11.5 Å². The van der Waals surface area contributed by atoms with Gasteiger partial charge in [-0.2, -0.15) is 0 Å². The second kappa shape index (κ2) is 14.9. The predicted octanol–water partition coefficient (Wildman–Crippen LogP) is 5.71. The lowest BCUT2D eigenvalue weighted by Crippen LogP contribution is -2.36. The molecule has 4 N–H and O–H groups in total. The van der Waals surface area contributed by atoms with Gasteiger partial charge in [0.2, 0.25) is 6.29 Å². The summed E-state index contributed by atoms with van der Waals surface area (Å²) in [5.74, 6) is 1.43. The lowest BCUT2D eigenvalue weighted by molar-refractivity contribution is -0.00211. The summed E-state index contributed by atoms with van der Waals surface area (Å²) in [7, 11) is 1.90. The third-order valence-corrected chi connectivity index (χ3v) is 7.65. The molecule has 41 heavy (non-hydrogen) atoms. The number of unbranched alkanes of at least 4 members (excludes halogenated alkanes) is 1. The van der Waals surface area contributed by atoms with E-state index < -0.39 is 6.29 Å². The van der Waals surface area contributed by atoms with Crippen LogP contribution < -0.4 is 25.5 Å². The van der Waals surface area contributed by atoms with E-state index in [1.54, 1.807) is 35.6 Å². The van der Waals surface area contributed by atoms with Gasteiger partial charge < -0.3 is 30.7 Å². The summed E-state index contributed by atoms with van der Waals surface area (Å²) in [6, 6.07) is 15.1. The topological polar surface area (TPSA) is 123 Å². The van der Waals surface area contributed by atoms with Gasteiger partial charge in [-0.3, -0.25) is 4.68 Å². The lowest BCUT2D eigenvalue weighted by atomic mass is 10.1. The van der Waals surface area contributed by atoms with Crippen molar-refractivity contribution in [2.75, 3.05) is 30.5 Å². The van der Waals surface area contributed by atoms with Gasteiger partial charge in [0.25, 0.3) is 0 Å². The fraction of sp³-hybridized carbons (Fsp3) is 0.367. The Labute approximate surface area is 245 Å². The summed E-state index contributed by atoms with van der Waals surface area (Å²) in [5.41, 5.74) is 8.31. The fourth-order valence-electron chi connectivity index (χ4n) is 4.37. The van der Waals surface area contributed by atoms with E-state index in [4.69, 9.17) is 25.4 Å². The number of imidazole rings is 1. The molecule has 0 radical (unpaired) electrons. The molecule has 0 aliphatic rings. The highest BCUT2D eigenvalue weighted by atomic mass is 32.1. The average molecular weight is 578 g/mol. The van der Waals surface area contributed by atoms with Crippen LogP contribution in [0, 0.1) is 0 Å². The van der Waals surface area contributed by atoms with Crippen molar-refractivity contribution in [3.05, 3.63) is 77.7 Å². The molecule has 0 fully saturated rings. The van der Waals surface area contributed by atoms with Crippen molar-refractivity contribution in [2.24, 2.45) is 10.9 Å². The van der Waals surface area contributed by atoms with Crippen LogP contribution in [0.4, 0.5) is 5.13 Å². The molecule has 2 heterocycles. The summed E-state index contributed by atoms with van der Waals surface area (Å²) in [6.45, 7) is 6.13. The maximum absolute atomic E-state index is 8.89. The zero-order valence-corrected chi connectivity index (χ0v) is 24.7. The number of oxime groups is 1. The number of anilines is 1. The van der Waals surface area contributed by atoms with E-state index in [1.807, 2.05) is 37.9 Å². The zero-order valence-electron chi connectivity index (χ0n) is 23.9. The number of amidine groups is 1. The van der Waals surface area contributed by atoms with Gasteiger partial charge >= 0.3 is 0 Å². The van der Waals surface area contributed by atoms with Crippen LogP contribution in [-0.2, 0) is 6.42 Å². The summed E-state index contributed by atoms with van der Waals surface area (Å²) in [6.07, 6.45) is 9.84. The second-order valence-corrected chi connectivity index (χ2v) is 10.6. The van der Waals surface area contributed by atoms with Crippen molar-refractivity contribution in [3.63, 3.8) is 0 Å². The number of hydrogen-bond donors (Lipinski definition) is 3. The second-order valence-electron chi connectivity index (χ2n) is 9.53. The van der Waals surface area contributed by atoms with E-state index in [2.05, 4.69) is 51.1 Å². The molecule has 2 aromatic carbocycles. The van der Waals surface area contributed by atoms with E-state index in [9.17, 15) is 0 Å². The fourth-order valence-corrected chi connectivity index (χ4v) is 5.30. The zero-order chi connectivity index (χ0) is 29.0. The first kappa shape index (κ1) is 29.7.